The molecular formula is C18H24O4. The Hall–Kier alpha value is -1.42. The van der Waals surface area contributed by atoms with Gasteiger partial charge in [0, 0.05) is 29.2 Å². The maximum absolute atomic E-state index is 12.7. The van der Waals surface area contributed by atoms with Crippen LogP contribution in [-0.2, 0) is 14.3 Å². The number of ketones is 2. The summed E-state index contributed by atoms with van der Waals surface area (Å²) in [5, 5.41) is 9.90. The quantitative estimate of drug-likeness (QED) is 0.796. The average Bonchev–Trinajstić information content (AvgIpc) is 2.49. The van der Waals surface area contributed by atoms with Crippen LogP contribution in [0.25, 0.3) is 0 Å². The van der Waals surface area contributed by atoms with Crippen molar-refractivity contribution in [2.24, 2.45) is 16.7 Å². The molecule has 1 saturated carbocycles. The fourth-order valence-corrected chi connectivity index (χ4v) is 5.11. The Balaban J connectivity index is 2.10. The fraction of sp³-hybridized carbons (Fsp3) is 0.667. The topological polar surface area (TPSA) is 63.6 Å². The first kappa shape index (κ1) is 15.5. The molecule has 3 aliphatic rings. The van der Waals surface area contributed by atoms with Crippen molar-refractivity contribution in [3.63, 3.8) is 0 Å². The number of aliphatic hydroxyl groups excluding tert-OH is 1. The number of carbonyl (C=O) groups is 2. The van der Waals surface area contributed by atoms with Gasteiger partial charge in [-0.1, -0.05) is 20.3 Å². The maximum atomic E-state index is 12.7. The van der Waals surface area contributed by atoms with Crippen LogP contribution in [0.15, 0.2) is 23.0 Å². The van der Waals surface area contributed by atoms with E-state index in [1.165, 1.54) is 13.2 Å². The highest BCUT2D eigenvalue weighted by Gasteiger charge is 2.55. The zero-order chi connectivity index (χ0) is 16.1. The van der Waals surface area contributed by atoms with E-state index >= 15 is 0 Å². The maximum Gasteiger partial charge on any atom is 0.224 e. The molecule has 0 amide bonds. The Morgan fingerprint density at radius 2 is 2.05 bits per heavy atom. The molecule has 0 saturated heterocycles. The summed E-state index contributed by atoms with van der Waals surface area (Å²) in [6.07, 6.45) is 5.66. The van der Waals surface area contributed by atoms with Gasteiger partial charge in [0.05, 0.1) is 7.11 Å². The molecule has 22 heavy (non-hydrogen) atoms. The van der Waals surface area contributed by atoms with E-state index in [-0.39, 0.29) is 40.7 Å². The van der Waals surface area contributed by atoms with Gasteiger partial charge in [0.25, 0.3) is 0 Å². The van der Waals surface area contributed by atoms with Crippen molar-refractivity contribution >= 4 is 11.6 Å². The largest absolute Gasteiger partial charge is 0.493 e. The molecule has 4 heteroatoms. The Morgan fingerprint density at radius 1 is 1.32 bits per heavy atom. The van der Waals surface area contributed by atoms with Crippen LogP contribution in [0.3, 0.4) is 0 Å². The zero-order valence-corrected chi connectivity index (χ0v) is 13.6. The van der Waals surface area contributed by atoms with E-state index in [9.17, 15) is 14.7 Å². The van der Waals surface area contributed by atoms with Crippen LogP contribution in [-0.4, -0.2) is 30.4 Å². The summed E-state index contributed by atoms with van der Waals surface area (Å²) in [7, 11) is 1.43. The number of hydrogen-bond acceptors (Lipinski definition) is 4. The lowest BCUT2D eigenvalue weighted by Crippen LogP contribution is -2.50. The number of carbonyl (C=O) groups excluding carboxylic acids is 2. The number of Topliss-reactive ketones (excluding diaryl/α,β-unsaturated/α-hetero) is 1. The Kier molecular flexibility index (Phi) is 3.55. The van der Waals surface area contributed by atoms with Gasteiger partial charge in [-0.05, 0) is 37.0 Å². The number of fused-ring (bicyclic) bond motifs is 2. The third-order valence-corrected chi connectivity index (χ3v) is 6.20. The first-order valence-corrected chi connectivity index (χ1v) is 8.06. The van der Waals surface area contributed by atoms with Crippen molar-refractivity contribution in [3.05, 3.63) is 23.0 Å². The minimum Gasteiger partial charge on any atom is -0.493 e. The standard InChI is InChI=1S/C18H24O4/c1-17(10-19)7-4-8-18(2)14(17)6-5-11-15(18)12(20)9-13(22-3)16(11)21/h9,14,19H,4-8,10H2,1-3H3. The average molecular weight is 304 g/mol. The molecule has 0 aromatic rings. The van der Waals surface area contributed by atoms with E-state index in [1.54, 1.807) is 0 Å². The predicted octanol–water partition coefficient (Wildman–Crippen LogP) is 2.56. The molecule has 0 aromatic heterocycles. The molecule has 3 rings (SSSR count). The molecule has 0 heterocycles. The van der Waals surface area contributed by atoms with Gasteiger partial charge in [0.1, 0.15) is 0 Å². The van der Waals surface area contributed by atoms with Crippen LogP contribution in [0.4, 0.5) is 0 Å². The van der Waals surface area contributed by atoms with E-state index in [0.29, 0.717) is 17.6 Å². The number of ether oxygens (including phenoxy) is 1. The molecule has 1 fully saturated rings. The van der Waals surface area contributed by atoms with Crippen LogP contribution < -0.4 is 0 Å². The van der Waals surface area contributed by atoms with Crippen LogP contribution >= 0.6 is 0 Å². The molecule has 0 radical (unpaired) electrons. The van der Waals surface area contributed by atoms with Gasteiger partial charge in [-0.3, -0.25) is 9.59 Å². The van der Waals surface area contributed by atoms with E-state index in [4.69, 9.17) is 4.74 Å². The summed E-state index contributed by atoms with van der Waals surface area (Å²) in [5.41, 5.74) is 0.852. The zero-order valence-electron chi connectivity index (χ0n) is 13.6. The Morgan fingerprint density at radius 3 is 2.68 bits per heavy atom. The smallest absolute Gasteiger partial charge is 0.224 e. The highest BCUT2D eigenvalue weighted by atomic mass is 16.5. The van der Waals surface area contributed by atoms with Crippen molar-refractivity contribution in [2.75, 3.05) is 13.7 Å². The van der Waals surface area contributed by atoms with Gasteiger partial charge in [-0.15, -0.1) is 0 Å². The van der Waals surface area contributed by atoms with Crippen LogP contribution in [0.1, 0.15) is 46.0 Å². The van der Waals surface area contributed by atoms with E-state index in [1.807, 2.05) is 0 Å². The first-order valence-electron chi connectivity index (χ1n) is 8.06. The van der Waals surface area contributed by atoms with Crippen molar-refractivity contribution in [2.45, 2.75) is 46.0 Å². The van der Waals surface area contributed by atoms with E-state index < -0.39 is 0 Å². The molecular weight excluding hydrogens is 280 g/mol. The highest BCUT2D eigenvalue weighted by Crippen LogP contribution is 2.60. The van der Waals surface area contributed by atoms with Gasteiger partial charge in [0.2, 0.25) is 5.78 Å². The Bertz CT molecular complexity index is 600. The van der Waals surface area contributed by atoms with Gasteiger partial charge in [0.15, 0.2) is 11.5 Å². The summed E-state index contributed by atoms with van der Waals surface area (Å²) in [6.45, 7) is 4.36. The third-order valence-electron chi connectivity index (χ3n) is 6.20. The number of rotatable bonds is 2. The molecule has 3 atom stereocenters. The van der Waals surface area contributed by atoms with Crippen molar-refractivity contribution < 1.29 is 19.4 Å². The summed E-state index contributed by atoms with van der Waals surface area (Å²) in [4.78, 5) is 25.2. The minimum atomic E-state index is -0.314. The fourth-order valence-electron chi connectivity index (χ4n) is 5.11. The number of hydrogen-bond donors (Lipinski definition) is 1. The van der Waals surface area contributed by atoms with Gasteiger partial charge < -0.3 is 9.84 Å². The predicted molar refractivity (Wildman–Crippen MR) is 82.0 cm³/mol. The SMILES string of the molecule is COC1=CC(=O)C2=C(CCC3C(C)(CO)CCCC23C)C1=O. The number of allylic oxidation sites excluding steroid dienone is 3. The van der Waals surface area contributed by atoms with Gasteiger partial charge in [-0.25, -0.2) is 0 Å². The summed E-state index contributed by atoms with van der Waals surface area (Å²) in [6, 6.07) is 0. The first-order chi connectivity index (χ1) is 10.4. The third kappa shape index (κ3) is 1.93. The van der Waals surface area contributed by atoms with E-state index in [0.717, 1.165) is 25.7 Å². The number of aliphatic hydroxyl groups is 1. The lowest BCUT2D eigenvalue weighted by molar-refractivity contribution is -0.121. The molecule has 0 bridgehead atoms. The molecule has 3 unspecified atom stereocenters. The van der Waals surface area contributed by atoms with Gasteiger partial charge >= 0.3 is 0 Å². The van der Waals surface area contributed by atoms with Crippen molar-refractivity contribution in [3.8, 4) is 0 Å². The highest BCUT2D eigenvalue weighted by molar-refractivity contribution is 6.22. The lowest BCUT2D eigenvalue weighted by atomic mass is 9.49. The molecule has 0 aromatic carbocycles. The Labute approximate surface area is 131 Å². The normalized spacial score (nSPS) is 38.4. The van der Waals surface area contributed by atoms with Crippen molar-refractivity contribution in [1.29, 1.82) is 0 Å². The summed E-state index contributed by atoms with van der Waals surface area (Å²) >= 11 is 0. The van der Waals surface area contributed by atoms with E-state index in [2.05, 4.69) is 13.8 Å². The molecule has 120 valence electrons. The molecule has 0 spiro atoms. The van der Waals surface area contributed by atoms with Gasteiger partial charge in [-0.2, -0.15) is 0 Å². The number of methoxy groups -OCH3 is 1. The van der Waals surface area contributed by atoms with Crippen LogP contribution in [0.5, 0.6) is 0 Å². The second-order valence-corrected chi connectivity index (χ2v) is 7.43. The van der Waals surface area contributed by atoms with Crippen LogP contribution in [0.2, 0.25) is 0 Å². The second-order valence-electron chi connectivity index (χ2n) is 7.43. The lowest BCUT2D eigenvalue weighted by Gasteiger charge is -2.55. The molecule has 3 aliphatic carbocycles. The van der Waals surface area contributed by atoms with Crippen LogP contribution in [0, 0.1) is 16.7 Å². The summed E-state index contributed by atoms with van der Waals surface area (Å²) < 4.78 is 5.07. The minimum absolute atomic E-state index is 0.0826. The molecule has 1 N–H and O–H groups in total. The molecule has 4 nitrogen and oxygen atoms in total. The summed E-state index contributed by atoms with van der Waals surface area (Å²) in [5.74, 6) is 0.187. The monoisotopic (exact) mass is 304 g/mol. The molecule has 0 aliphatic heterocycles. The second kappa shape index (κ2) is 5.05. The van der Waals surface area contributed by atoms with Crippen molar-refractivity contribution in [1.82, 2.24) is 0 Å².